The van der Waals surface area contributed by atoms with Gasteiger partial charge in [-0.1, -0.05) is 59.1 Å². The standard InChI is InChI=1S/C17H11Cl3N2O2/c1-10(23)11-5-4-6-12(9-11)24-15-13-7-2-3-8-14(13)21-16(22-15)17(18,19)20/h2-9H,1H3. The lowest BCUT2D eigenvalue weighted by Crippen LogP contribution is -2.08. The Morgan fingerprint density at radius 1 is 1.04 bits per heavy atom. The summed E-state index contributed by atoms with van der Waals surface area (Å²) in [5.74, 6) is 0.670. The first kappa shape index (κ1) is 17.0. The van der Waals surface area contributed by atoms with Crippen LogP contribution in [0.2, 0.25) is 0 Å². The average molecular weight is 382 g/mol. The molecule has 0 saturated carbocycles. The zero-order valence-corrected chi connectivity index (χ0v) is 14.7. The van der Waals surface area contributed by atoms with Crippen molar-refractivity contribution in [3.8, 4) is 11.6 Å². The summed E-state index contributed by atoms with van der Waals surface area (Å²) in [6.45, 7) is 1.49. The molecule has 24 heavy (non-hydrogen) atoms. The van der Waals surface area contributed by atoms with Crippen LogP contribution in [0.3, 0.4) is 0 Å². The Bertz CT molecular complexity index is 923. The van der Waals surface area contributed by atoms with Crippen LogP contribution >= 0.6 is 34.8 Å². The first-order chi connectivity index (χ1) is 11.3. The van der Waals surface area contributed by atoms with E-state index in [-0.39, 0.29) is 17.5 Å². The molecule has 1 aromatic heterocycles. The molecule has 0 aliphatic carbocycles. The number of alkyl halides is 3. The molecule has 122 valence electrons. The molecular formula is C17H11Cl3N2O2. The van der Waals surface area contributed by atoms with Crippen molar-refractivity contribution in [3.63, 3.8) is 0 Å². The van der Waals surface area contributed by atoms with E-state index in [4.69, 9.17) is 39.5 Å². The van der Waals surface area contributed by atoms with Crippen LogP contribution in [-0.2, 0) is 3.79 Å². The van der Waals surface area contributed by atoms with Crippen LogP contribution in [0.25, 0.3) is 10.9 Å². The fourth-order valence-corrected chi connectivity index (χ4v) is 2.40. The highest BCUT2D eigenvalue weighted by Gasteiger charge is 2.28. The molecule has 1 heterocycles. The first-order valence-corrected chi connectivity index (χ1v) is 8.11. The molecule has 2 aromatic carbocycles. The number of para-hydroxylation sites is 1. The van der Waals surface area contributed by atoms with Gasteiger partial charge in [0.15, 0.2) is 11.6 Å². The van der Waals surface area contributed by atoms with E-state index in [1.54, 1.807) is 30.3 Å². The van der Waals surface area contributed by atoms with Crippen molar-refractivity contribution >= 4 is 51.5 Å². The number of benzene rings is 2. The highest BCUT2D eigenvalue weighted by Crippen LogP contribution is 2.38. The number of Topliss-reactive ketones (excluding diaryl/α,β-unsaturated/α-hetero) is 1. The Morgan fingerprint density at radius 2 is 1.79 bits per heavy atom. The number of aromatic nitrogens is 2. The van der Waals surface area contributed by atoms with Crippen molar-refractivity contribution in [2.24, 2.45) is 0 Å². The van der Waals surface area contributed by atoms with E-state index in [1.807, 2.05) is 18.2 Å². The summed E-state index contributed by atoms with van der Waals surface area (Å²) in [5, 5.41) is 0.670. The van der Waals surface area contributed by atoms with Crippen molar-refractivity contribution in [3.05, 3.63) is 59.9 Å². The van der Waals surface area contributed by atoms with Crippen molar-refractivity contribution < 1.29 is 9.53 Å². The monoisotopic (exact) mass is 380 g/mol. The maximum Gasteiger partial charge on any atom is 0.250 e. The van der Waals surface area contributed by atoms with Crippen LogP contribution in [0, 0.1) is 0 Å². The molecule has 0 radical (unpaired) electrons. The number of carbonyl (C=O) groups excluding carboxylic acids is 1. The zero-order valence-electron chi connectivity index (χ0n) is 12.5. The highest BCUT2D eigenvalue weighted by atomic mass is 35.6. The van der Waals surface area contributed by atoms with Crippen LogP contribution in [0.5, 0.6) is 11.6 Å². The quantitative estimate of drug-likeness (QED) is 0.447. The number of halogens is 3. The summed E-state index contributed by atoms with van der Waals surface area (Å²) >= 11 is 17.7. The maximum atomic E-state index is 11.5. The Hall–Kier alpha value is -1.88. The summed E-state index contributed by atoms with van der Waals surface area (Å²) in [6.07, 6.45) is 0. The van der Waals surface area contributed by atoms with Gasteiger partial charge >= 0.3 is 0 Å². The van der Waals surface area contributed by atoms with Crippen molar-refractivity contribution in [2.75, 3.05) is 0 Å². The zero-order chi connectivity index (χ0) is 17.3. The predicted octanol–water partition coefficient (Wildman–Crippen LogP) is 5.45. The van der Waals surface area contributed by atoms with Gasteiger partial charge in [0, 0.05) is 5.56 Å². The van der Waals surface area contributed by atoms with E-state index in [1.165, 1.54) is 6.92 Å². The summed E-state index contributed by atoms with van der Waals surface area (Å²) in [7, 11) is 0. The van der Waals surface area contributed by atoms with Gasteiger partial charge < -0.3 is 4.74 Å². The predicted molar refractivity (Wildman–Crippen MR) is 95.3 cm³/mol. The molecule has 0 aliphatic rings. The molecule has 0 fully saturated rings. The fraction of sp³-hybridized carbons (Fsp3) is 0.118. The summed E-state index contributed by atoms with van der Waals surface area (Å²) in [4.78, 5) is 20.0. The molecule has 7 heteroatoms. The summed E-state index contributed by atoms with van der Waals surface area (Å²) < 4.78 is 4.06. The van der Waals surface area contributed by atoms with E-state index in [0.29, 0.717) is 22.2 Å². The van der Waals surface area contributed by atoms with Gasteiger partial charge in [-0.25, -0.2) is 4.98 Å². The Labute approximate surface area is 153 Å². The van der Waals surface area contributed by atoms with E-state index < -0.39 is 3.79 Å². The normalized spacial score (nSPS) is 11.5. The smallest absolute Gasteiger partial charge is 0.250 e. The van der Waals surface area contributed by atoms with Crippen LogP contribution < -0.4 is 4.74 Å². The minimum atomic E-state index is -1.77. The molecule has 0 saturated heterocycles. The second-order valence-corrected chi connectivity index (χ2v) is 7.33. The molecule has 0 atom stereocenters. The van der Waals surface area contributed by atoms with Crippen LogP contribution in [0.4, 0.5) is 0 Å². The third kappa shape index (κ3) is 3.61. The molecule has 0 aliphatic heterocycles. The third-order valence-electron chi connectivity index (χ3n) is 3.28. The van der Waals surface area contributed by atoms with Crippen molar-refractivity contribution in [2.45, 2.75) is 10.7 Å². The first-order valence-electron chi connectivity index (χ1n) is 6.97. The SMILES string of the molecule is CC(=O)c1cccc(Oc2nc(C(Cl)(Cl)Cl)nc3ccccc23)c1. The lowest BCUT2D eigenvalue weighted by Gasteiger charge is -2.14. The van der Waals surface area contributed by atoms with Gasteiger partial charge in [0.1, 0.15) is 5.75 Å². The van der Waals surface area contributed by atoms with E-state index in [2.05, 4.69) is 9.97 Å². The molecule has 0 N–H and O–H groups in total. The molecule has 0 unspecified atom stereocenters. The number of hydrogen-bond acceptors (Lipinski definition) is 4. The fourth-order valence-electron chi connectivity index (χ4n) is 2.14. The van der Waals surface area contributed by atoms with Gasteiger partial charge in [0.25, 0.3) is 0 Å². The average Bonchev–Trinajstić information content (AvgIpc) is 2.54. The minimum absolute atomic E-state index is 0.0175. The van der Waals surface area contributed by atoms with Gasteiger partial charge in [-0.05, 0) is 31.2 Å². The van der Waals surface area contributed by atoms with Gasteiger partial charge in [-0.15, -0.1) is 0 Å². The minimum Gasteiger partial charge on any atom is -0.438 e. The molecular weight excluding hydrogens is 371 g/mol. The van der Waals surface area contributed by atoms with Crippen LogP contribution in [-0.4, -0.2) is 15.8 Å². The summed E-state index contributed by atoms with van der Waals surface area (Å²) in [6, 6.07) is 14.0. The van der Waals surface area contributed by atoms with E-state index in [9.17, 15) is 4.79 Å². The third-order valence-corrected chi connectivity index (χ3v) is 3.78. The molecule has 0 amide bonds. The highest BCUT2D eigenvalue weighted by molar-refractivity contribution is 6.66. The van der Waals surface area contributed by atoms with Gasteiger partial charge in [-0.3, -0.25) is 4.79 Å². The topological polar surface area (TPSA) is 52.1 Å². The second kappa shape index (κ2) is 6.55. The largest absolute Gasteiger partial charge is 0.438 e. The number of ether oxygens (including phenoxy) is 1. The Morgan fingerprint density at radius 3 is 2.50 bits per heavy atom. The van der Waals surface area contributed by atoms with Crippen LogP contribution in [0.1, 0.15) is 23.1 Å². The maximum absolute atomic E-state index is 11.5. The summed E-state index contributed by atoms with van der Waals surface area (Å²) in [5.41, 5.74) is 1.12. The van der Waals surface area contributed by atoms with E-state index >= 15 is 0 Å². The number of nitrogens with zero attached hydrogens (tertiary/aromatic N) is 2. The Balaban J connectivity index is 2.11. The molecule has 4 nitrogen and oxygen atoms in total. The molecule has 0 spiro atoms. The number of ketones is 1. The lowest BCUT2D eigenvalue weighted by atomic mass is 10.1. The molecule has 3 aromatic rings. The van der Waals surface area contributed by atoms with Gasteiger partial charge in [-0.2, -0.15) is 4.98 Å². The van der Waals surface area contributed by atoms with Gasteiger partial charge in [0.2, 0.25) is 9.67 Å². The number of hydrogen-bond donors (Lipinski definition) is 0. The second-order valence-electron chi connectivity index (χ2n) is 5.05. The number of rotatable bonds is 3. The van der Waals surface area contributed by atoms with Gasteiger partial charge in [0.05, 0.1) is 10.9 Å². The molecule has 3 rings (SSSR count). The van der Waals surface area contributed by atoms with Crippen LogP contribution in [0.15, 0.2) is 48.5 Å². The van der Waals surface area contributed by atoms with E-state index in [0.717, 1.165) is 0 Å². The lowest BCUT2D eigenvalue weighted by molar-refractivity contribution is 0.101. The number of fused-ring (bicyclic) bond motifs is 1. The number of carbonyl (C=O) groups is 1. The van der Waals surface area contributed by atoms with Crippen molar-refractivity contribution in [1.82, 2.24) is 9.97 Å². The van der Waals surface area contributed by atoms with Crippen molar-refractivity contribution in [1.29, 1.82) is 0 Å². The Kier molecular flexibility index (Phi) is 4.63. The molecule has 0 bridgehead atoms.